The van der Waals surface area contributed by atoms with Crippen LogP contribution in [0.15, 0.2) is 78.9 Å². The number of amides is 1. The Bertz CT molecular complexity index is 1250. The number of nitrogens with zero attached hydrogens (tertiary/aromatic N) is 3. The lowest BCUT2D eigenvalue weighted by Gasteiger charge is -2.28. The van der Waals surface area contributed by atoms with Crippen molar-refractivity contribution in [3.05, 3.63) is 90.1 Å². The van der Waals surface area contributed by atoms with Crippen LogP contribution in [-0.2, 0) is 17.9 Å². The molecule has 2 heterocycles. The van der Waals surface area contributed by atoms with E-state index >= 15 is 0 Å². The van der Waals surface area contributed by atoms with Crippen LogP contribution in [0.5, 0.6) is 0 Å². The van der Waals surface area contributed by atoms with Crippen molar-refractivity contribution in [2.75, 3.05) is 32.7 Å². The summed E-state index contributed by atoms with van der Waals surface area (Å²) in [5.74, 6) is 0.174. The quantitative estimate of drug-likeness (QED) is 0.519. The SMILES string of the molecule is O=C1CNCCN(Cc2ccc3ccccc3n2)CCCN1Cc1cccc2ccccc12. The van der Waals surface area contributed by atoms with Crippen molar-refractivity contribution < 1.29 is 4.79 Å². The first-order valence-electron chi connectivity index (χ1n) is 11.8. The lowest BCUT2D eigenvalue weighted by molar-refractivity contribution is -0.131. The zero-order valence-corrected chi connectivity index (χ0v) is 18.9. The van der Waals surface area contributed by atoms with Crippen molar-refractivity contribution in [3.8, 4) is 0 Å². The molecule has 1 amide bonds. The van der Waals surface area contributed by atoms with Crippen molar-refractivity contribution in [1.82, 2.24) is 20.1 Å². The number of nitrogens with one attached hydrogen (secondary N) is 1. The maximum Gasteiger partial charge on any atom is 0.236 e. The summed E-state index contributed by atoms with van der Waals surface area (Å²) in [6.45, 7) is 5.25. The second-order valence-electron chi connectivity index (χ2n) is 8.76. The maximum atomic E-state index is 12.9. The first-order chi connectivity index (χ1) is 16.3. The van der Waals surface area contributed by atoms with Gasteiger partial charge in [0.2, 0.25) is 5.91 Å². The highest BCUT2D eigenvalue weighted by molar-refractivity contribution is 5.86. The van der Waals surface area contributed by atoms with Gasteiger partial charge in [0.05, 0.1) is 17.8 Å². The molecule has 0 radical (unpaired) electrons. The number of hydrogen-bond donors (Lipinski definition) is 1. The predicted octanol–water partition coefficient (Wildman–Crippen LogP) is 4.21. The average Bonchev–Trinajstić information content (AvgIpc) is 2.85. The largest absolute Gasteiger partial charge is 0.337 e. The molecular weight excluding hydrogens is 408 g/mol. The molecule has 0 aliphatic carbocycles. The van der Waals surface area contributed by atoms with E-state index in [0.29, 0.717) is 13.1 Å². The van der Waals surface area contributed by atoms with Gasteiger partial charge in [0, 0.05) is 44.7 Å². The molecule has 5 heteroatoms. The number of hydrogen-bond acceptors (Lipinski definition) is 4. The molecule has 0 unspecified atom stereocenters. The summed E-state index contributed by atoms with van der Waals surface area (Å²) in [4.78, 5) is 22.2. The molecule has 5 nitrogen and oxygen atoms in total. The number of aromatic nitrogens is 1. The second-order valence-corrected chi connectivity index (χ2v) is 8.76. The third-order valence-corrected chi connectivity index (χ3v) is 6.42. The van der Waals surface area contributed by atoms with Crippen LogP contribution in [0.4, 0.5) is 0 Å². The molecule has 0 spiro atoms. The highest BCUT2D eigenvalue weighted by Crippen LogP contribution is 2.20. The lowest BCUT2D eigenvalue weighted by Crippen LogP contribution is -2.43. The van der Waals surface area contributed by atoms with E-state index in [0.717, 1.165) is 50.4 Å². The summed E-state index contributed by atoms with van der Waals surface area (Å²) in [5.41, 5.74) is 3.34. The molecule has 3 aromatic carbocycles. The second kappa shape index (κ2) is 10.1. The van der Waals surface area contributed by atoms with Gasteiger partial charge < -0.3 is 10.2 Å². The number of rotatable bonds is 4. The third-order valence-electron chi connectivity index (χ3n) is 6.42. The minimum atomic E-state index is 0.174. The van der Waals surface area contributed by atoms with Gasteiger partial charge in [-0.05, 0) is 34.9 Å². The Morgan fingerprint density at radius 3 is 2.55 bits per heavy atom. The van der Waals surface area contributed by atoms with Crippen molar-refractivity contribution in [2.24, 2.45) is 0 Å². The summed E-state index contributed by atoms with van der Waals surface area (Å²) in [6, 6.07) is 27.3. The molecule has 0 saturated carbocycles. The fourth-order valence-corrected chi connectivity index (χ4v) is 4.65. The fourth-order valence-electron chi connectivity index (χ4n) is 4.65. The van der Waals surface area contributed by atoms with E-state index in [-0.39, 0.29) is 5.91 Å². The van der Waals surface area contributed by atoms with E-state index < -0.39 is 0 Å². The van der Waals surface area contributed by atoms with E-state index in [4.69, 9.17) is 4.98 Å². The van der Waals surface area contributed by atoms with Crippen molar-refractivity contribution in [2.45, 2.75) is 19.5 Å². The topological polar surface area (TPSA) is 48.5 Å². The summed E-state index contributed by atoms with van der Waals surface area (Å²) in [6.07, 6.45) is 0.948. The Labute approximate surface area is 195 Å². The summed E-state index contributed by atoms with van der Waals surface area (Å²) < 4.78 is 0. The Balaban J connectivity index is 1.27. The molecule has 1 saturated heterocycles. The molecule has 1 aliphatic rings. The van der Waals surface area contributed by atoms with Gasteiger partial charge in [-0.15, -0.1) is 0 Å². The minimum Gasteiger partial charge on any atom is -0.337 e. The zero-order valence-electron chi connectivity index (χ0n) is 18.9. The molecule has 0 bridgehead atoms. The minimum absolute atomic E-state index is 0.174. The predicted molar refractivity (Wildman–Crippen MR) is 134 cm³/mol. The van der Waals surface area contributed by atoms with Crippen LogP contribution in [0.3, 0.4) is 0 Å². The van der Waals surface area contributed by atoms with Gasteiger partial charge in [0.15, 0.2) is 0 Å². The molecule has 4 aromatic rings. The summed E-state index contributed by atoms with van der Waals surface area (Å²) in [7, 11) is 0. The van der Waals surface area contributed by atoms with E-state index in [1.807, 2.05) is 17.0 Å². The average molecular weight is 439 g/mol. The van der Waals surface area contributed by atoms with Crippen molar-refractivity contribution in [1.29, 1.82) is 0 Å². The Morgan fingerprint density at radius 2 is 1.61 bits per heavy atom. The fraction of sp³-hybridized carbons (Fsp3) is 0.286. The van der Waals surface area contributed by atoms with Crippen LogP contribution in [0.2, 0.25) is 0 Å². The van der Waals surface area contributed by atoms with Gasteiger partial charge in [-0.3, -0.25) is 14.7 Å². The molecule has 168 valence electrons. The highest BCUT2D eigenvalue weighted by atomic mass is 16.2. The van der Waals surface area contributed by atoms with Crippen LogP contribution in [0, 0.1) is 0 Å². The molecule has 1 aliphatic heterocycles. The normalized spacial score (nSPS) is 16.4. The van der Waals surface area contributed by atoms with E-state index in [9.17, 15) is 4.79 Å². The van der Waals surface area contributed by atoms with E-state index in [1.54, 1.807) is 0 Å². The van der Waals surface area contributed by atoms with Gasteiger partial charge in [-0.25, -0.2) is 0 Å². The smallest absolute Gasteiger partial charge is 0.236 e. The van der Waals surface area contributed by atoms with Crippen LogP contribution in [0.1, 0.15) is 17.7 Å². The van der Waals surface area contributed by atoms with Crippen LogP contribution in [-0.4, -0.2) is 53.4 Å². The molecule has 5 rings (SSSR count). The van der Waals surface area contributed by atoms with E-state index in [2.05, 4.69) is 76.9 Å². The first-order valence-corrected chi connectivity index (χ1v) is 11.8. The standard InChI is InChI=1S/C28H30N4O/c33-28-19-29-15-18-31(21-25-14-13-23-8-2-4-12-27(23)30-25)16-6-17-32(28)20-24-10-5-9-22-7-1-3-11-26(22)24/h1-5,7-14,29H,6,15-21H2. The summed E-state index contributed by atoms with van der Waals surface area (Å²) >= 11 is 0. The maximum absolute atomic E-state index is 12.9. The number of benzene rings is 3. The molecule has 1 N–H and O–H groups in total. The molecule has 0 atom stereocenters. The Hall–Kier alpha value is -3.28. The van der Waals surface area contributed by atoms with Gasteiger partial charge >= 0.3 is 0 Å². The summed E-state index contributed by atoms with van der Waals surface area (Å²) in [5, 5.41) is 6.96. The van der Waals surface area contributed by atoms with Crippen molar-refractivity contribution in [3.63, 3.8) is 0 Å². The zero-order chi connectivity index (χ0) is 22.5. The third kappa shape index (κ3) is 5.21. The number of carbonyl (C=O) groups is 1. The van der Waals surface area contributed by atoms with E-state index in [1.165, 1.54) is 21.7 Å². The monoisotopic (exact) mass is 438 g/mol. The highest BCUT2D eigenvalue weighted by Gasteiger charge is 2.18. The number of para-hydroxylation sites is 1. The molecule has 1 fully saturated rings. The van der Waals surface area contributed by atoms with Gasteiger partial charge in [-0.1, -0.05) is 66.7 Å². The number of pyridine rings is 1. The number of carbonyl (C=O) groups excluding carboxylic acids is 1. The van der Waals surface area contributed by atoms with Gasteiger partial charge in [0.25, 0.3) is 0 Å². The van der Waals surface area contributed by atoms with Crippen LogP contribution >= 0.6 is 0 Å². The Morgan fingerprint density at radius 1 is 0.788 bits per heavy atom. The van der Waals surface area contributed by atoms with Crippen molar-refractivity contribution >= 4 is 27.6 Å². The van der Waals surface area contributed by atoms with Gasteiger partial charge in [0.1, 0.15) is 0 Å². The number of fused-ring (bicyclic) bond motifs is 2. The lowest BCUT2D eigenvalue weighted by atomic mass is 10.0. The Kier molecular flexibility index (Phi) is 6.61. The van der Waals surface area contributed by atoms with Crippen LogP contribution < -0.4 is 5.32 Å². The first kappa shape index (κ1) is 21.6. The molecular formula is C28H30N4O. The van der Waals surface area contributed by atoms with Gasteiger partial charge in [-0.2, -0.15) is 0 Å². The van der Waals surface area contributed by atoms with Crippen LogP contribution in [0.25, 0.3) is 21.7 Å². The molecule has 1 aromatic heterocycles. The molecule has 33 heavy (non-hydrogen) atoms.